The van der Waals surface area contributed by atoms with Gasteiger partial charge in [0.25, 0.3) is 0 Å². The van der Waals surface area contributed by atoms with E-state index in [0.717, 1.165) is 75.6 Å². The van der Waals surface area contributed by atoms with Crippen molar-refractivity contribution in [1.29, 1.82) is 0 Å². The van der Waals surface area contributed by atoms with Crippen molar-refractivity contribution in [3.05, 3.63) is 72.2 Å². The van der Waals surface area contributed by atoms with E-state index in [4.69, 9.17) is 4.98 Å². The lowest BCUT2D eigenvalue weighted by molar-refractivity contribution is -0.138. The minimum Gasteiger partial charge on any atom is -0.334 e. The average molecular weight is 445 g/mol. The summed E-state index contributed by atoms with van der Waals surface area (Å²) in [5.41, 5.74) is 2.22. The Labute approximate surface area is 195 Å². The largest absolute Gasteiger partial charge is 0.334 e. The highest BCUT2D eigenvalue weighted by atomic mass is 16.2. The van der Waals surface area contributed by atoms with Gasteiger partial charge in [0.05, 0.1) is 11.7 Å². The fourth-order valence-electron chi connectivity index (χ4n) is 5.22. The molecule has 7 heteroatoms. The molecule has 0 radical (unpaired) electrons. The molecule has 3 aromatic heterocycles. The van der Waals surface area contributed by atoms with Crippen molar-refractivity contribution in [3.63, 3.8) is 0 Å². The van der Waals surface area contributed by atoms with E-state index in [0.29, 0.717) is 5.91 Å². The van der Waals surface area contributed by atoms with Crippen molar-refractivity contribution in [2.75, 3.05) is 19.6 Å². The molecule has 2 aliphatic rings. The lowest BCUT2D eigenvalue weighted by atomic mass is 9.94. The van der Waals surface area contributed by atoms with E-state index >= 15 is 0 Å². The number of carbonyl (C=O) groups is 1. The maximum atomic E-state index is 13.5. The van der Waals surface area contributed by atoms with Crippen LogP contribution in [-0.4, -0.2) is 54.9 Å². The van der Waals surface area contributed by atoms with Crippen LogP contribution in [0.5, 0.6) is 0 Å². The first kappa shape index (κ1) is 21.8. The molecule has 0 spiro atoms. The van der Waals surface area contributed by atoms with Crippen molar-refractivity contribution in [2.24, 2.45) is 5.92 Å². The Balaban J connectivity index is 1.25. The summed E-state index contributed by atoms with van der Waals surface area (Å²) in [5.74, 6) is 2.30. The maximum absolute atomic E-state index is 13.5. The first-order valence-corrected chi connectivity index (χ1v) is 12.1. The zero-order chi connectivity index (χ0) is 22.6. The highest BCUT2D eigenvalue weighted by molar-refractivity contribution is 5.79. The number of nitrogens with zero attached hydrogens (tertiary/aromatic N) is 6. The van der Waals surface area contributed by atoms with E-state index < -0.39 is 0 Å². The summed E-state index contributed by atoms with van der Waals surface area (Å²) in [4.78, 5) is 31.7. The number of rotatable bonds is 6. The highest BCUT2D eigenvalue weighted by Gasteiger charge is 2.36. The van der Waals surface area contributed by atoms with Crippen LogP contribution in [0.15, 0.2) is 55.1 Å². The lowest BCUT2D eigenvalue weighted by Crippen LogP contribution is -2.42. The van der Waals surface area contributed by atoms with Crippen LogP contribution in [-0.2, 0) is 17.8 Å². The normalized spacial score (nSPS) is 19.8. The second-order valence-electron chi connectivity index (χ2n) is 9.09. The fraction of sp³-hybridized carbons (Fsp3) is 0.462. The van der Waals surface area contributed by atoms with E-state index in [1.165, 1.54) is 5.56 Å². The predicted octanol–water partition coefficient (Wildman–Crippen LogP) is 3.80. The van der Waals surface area contributed by atoms with Gasteiger partial charge in [-0.25, -0.2) is 9.97 Å². The van der Waals surface area contributed by atoms with Gasteiger partial charge in [-0.3, -0.25) is 19.2 Å². The van der Waals surface area contributed by atoms with Crippen LogP contribution >= 0.6 is 0 Å². The highest BCUT2D eigenvalue weighted by Crippen LogP contribution is 2.34. The molecule has 2 fully saturated rings. The molecule has 7 nitrogen and oxygen atoms in total. The van der Waals surface area contributed by atoms with E-state index in [1.807, 2.05) is 41.5 Å². The van der Waals surface area contributed by atoms with Gasteiger partial charge < -0.3 is 4.90 Å². The van der Waals surface area contributed by atoms with Crippen molar-refractivity contribution < 1.29 is 4.79 Å². The van der Waals surface area contributed by atoms with Gasteiger partial charge >= 0.3 is 0 Å². The smallest absolute Gasteiger partial charge is 0.226 e. The van der Waals surface area contributed by atoms with Crippen LogP contribution < -0.4 is 0 Å². The van der Waals surface area contributed by atoms with E-state index in [1.54, 1.807) is 0 Å². The number of piperidine rings is 1. The van der Waals surface area contributed by atoms with Crippen LogP contribution in [0.1, 0.15) is 55.7 Å². The predicted molar refractivity (Wildman–Crippen MR) is 127 cm³/mol. The molecule has 1 amide bonds. The van der Waals surface area contributed by atoms with Crippen LogP contribution in [0.3, 0.4) is 0 Å². The molecule has 5 heterocycles. The summed E-state index contributed by atoms with van der Waals surface area (Å²) in [6.07, 6.45) is 12.2. The molecule has 2 aliphatic heterocycles. The summed E-state index contributed by atoms with van der Waals surface area (Å²) in [6.45, 7) is 5.75. The zero-order valence-electron chi connectivity index (χ0n) is 19.3. The Morgan fingerprint density at radius 1 is 1.06 bits per heavy atom. The number of likely N-dealkylation sites (tertiary alicyclic amines) is 2. The van der Waals surface area contributed by atoms with Crippen LogP contribution in [0.4, 0.5) is 0 Å². The minimum absolute atomic E-state index is 0.0690. The third-order valence-corrected chi connectivity index (χ3v) is 6.98. The Morgan fingerprint density at radius 3 is 2.73 bits per heavy atom. The molecule has 2 saturated heterocycles. The molecule has 172 valence electrons. The van der Waals surface area contributed by atoms with Crippen molar-refractivity contribution in [3.8, 4) is 5.82 Å². The van der Waals surface area contributed by atoms with Gasteiger partial charge in [0.15, 0.2) is 0 Å². The molecule has 0 aliphatic carbocycles. The summed E-state index contributed by atoms with van der Waals surface area (Å²) in [5, 5.41) is 0. The van der Waals surface area contributed by atoms with Crippen molar-refractivity contribution in [2.45, 2.75) is 51.6 Å². The number of imidazole rings is 1. The molecule has 1 atom stereocenters. The average Bonchev–Trinajstić information content (AvgIpc) is 3.55. The SMILES string of the molecule is CCc1nccn1-c1cccc([C@@H]2CCCN2C(=O)C2CCN(Cc3cccnc3)CC2)n1. The molecular weight excluding hydrogens is 412 g/mol. The molecular formula is C26H32N6O. The minimum atomic E-state index is 0.0690. The number of aryl methyl sites for hydroxylation is 1. The maximum Gasteiger partial charge on any atom is 0.226 e. The summed E-state index contributed by atoms with van der Waals surface area (Å²) < 4.78 is 2.04. The quantitative estimate of drug-likeness (QED) is 0.579. The number of aromatic nitrogens is 4. The van der Waals surface area contributed by atoms with Gasteiger partial charge in [-0.05, 0) is 62.5 Å². The third-order valence-electron chi connectivity index (χ3n) is 6.98. The zero-order valence-corrected chi connectivity index (χ0v) is 19.3. The summed E-state index contributed by atoms with van der Waals surface area (Å²) in [7, 11) is 0. The Kier molecular flexibility index (Phi) is 6.48. The molecule has 33 heavy (non-hydrogen) atoms. The number of pyridine rings is 2. The number of carbonyl (C=O) groups excluding carboxylic acids is 1. The first-order valence-electron chi connectivity index (χ1n) is 12.1. The van der Waals surface area contributed by atoms with Crippen LogP contribution in [0, 0.1) is 5.92 Å². The van der Waals surface area contributed by atoms with E-state index in [9.17, 15) is 4.79 Å². The molecule has 5 rings (SSSR count). The molecule has 0 aromatic carbocycles. The van der Waals surface area contributed by atoms with Gasteiger partial charge in [0.1, 0.15) is 11.6 Å². The van der Waals surface area contributed by atoms with E-state index in [-0.39, 0.29) is 12.0 Å². The molecule has 0 bridgehead atoms. The second kappa shape index (κ2) is 9.83. The topological polar surface area (TPSA) is 67.2 Å². The summed E-state index contributed by atoms with van der Waals surface area (Å²) >= 11 is 0. The van der Waals surface area contributed by atoms with Gasteiger partial charge in [-0.1, -0.05) is 19.1 Å². The van der Waals surface area contributed by atoms with Crippen LogP contribution in [0.25, 0.3) is 5.82 Å². The Hall–Kier alpha value is -3.06. The van der Waals surface area contributed by atoms with Gasteiger partial charge in [-0.2, -0.15) is 0 Å². The number of amides is 1. The lowest BCUT2D eigenvalue weighted by Gasteiger charge is -2.34. The number of hydrogen-bond donors (Lipinski definition) is 0. The Morgan fingerprint density at radius 2 is 1.94 bits per heavy atom. The third kappa shape index (κ3) is 4.69. The van der Waals surface area contributed by atoms with Gasteiger partial charge in [0.2, 0.25) is 5.91 Å². The monoisotopic (exact) mass is 444 g/mol. The van der Waals surface area contributed by atoms with Gasteiger partial charge in [0, 0.05) is 50.2 Å². The first-order chi connectivity index (χ1) is 16.2. The summed E-state index contributed by atoms with van der Waals surface area (Å²) in [6, 6.07) is 10.3. The van der Waals surface area contributed by atoms with Gasteiger partial charge in [-0.15, -0.1) is 0 Å². The fourth-order valence-corrected chi connectivity index (χ4v) is 5.22. The Bertz CT molecular complexity index is 1070. The van der Waals surface area contributed by atoms with Crippen LogP contribution in [0.2, 0.25) is 0 Å². The molecule has 0 unspecified atom stereocenters. The standard InChI is InChI=1S/C26H32N6O/c1-2-24-28-13-17-32(24)25-9-3-7-22(29-25)23-8-5-14-31(23)26(33)21-10-15-30(16-11-21)19-20-6-4-12-27-18-20/h3-4,6-7,9,12-13,17-18,21,23H,2,5,8,10-11,14-16,19H2,1H3/t23-/m0/s1. The molecule has 0 saturated carbocycles. The molecule has 0 N–H and O–H groups in total. The van der Waals surface area contributed by atoms with Crippen molar-refractivity contribution >= 4 is 5.91 Å². The molecule has 3 aromatic rings. The second-order valence-corrected chi connectivity index (χ2v) is 9.09. The van der Waals surface area contributed by atoms with Crippen molar-refractivity contribution in [1.82, 2.24) is 29.3 Å². The number of hydrogen-bond acceptors (Lipinski definition) is 5. The van der Waals surface area contributed by atoms with E-state index in [2.05, 4.69) is 44.9 Å².